The highest BCUT2D eigenvalue weighted by Gasteiger charge is 2.18. The van der Waals surface area contributed by atoms with Gasteiger partial charge in [0.1, 0.15) is 5.82 Å². The molecule has 1 aliphatic rings. The molecular formula is C12H14ClN3. The molecule has 3 nitrogen and oxygen atoms in total. The van der Waals surface area contributed by atoms with E-state index in [1.807, 2.05) is 24.5 Å². The number of fused-ring (bicyclic) bond motifs is 1. The second kappa shape index (κ2) is 4.07. The molecule has 1 unspecified atom stereocenters. The Labute approximate surface area is 99.4 Å². The van der Waals surface area contributed by atoms with Gasteiger partial charge in [-0.05, 0) is 31.5 Å². The average molecular weight is 236 g/mol. The highest BCUT2D eigenvalue weighted by Crippen LogP contribution is 2.23. The molecule has 16 heavy (non-hydrogen) atoms. The smallest absolute Gasteiger partial charge is 0.130 e. The molecule has 0 amide bonds. The lowest BCUT2D eigenvalue weighted by atomic mass is 10.0. The van der Waals surface area contributed by atoms with E-state index in [-0.39, 0.29) is 0 Å². The molecule has 4 heteroatoms. The summed E-state index contributed by atoms with van der Waals surface area (Å²) in [6.07, 6.45) is 7.54. The molecule has 3 rings (SSSR count). The number of pyridine rings is 1. The number of halogens is 1. The van der Waals surface area contributed by atoms with E-state index < -0.39 is 0 Å². The van der Waals surface area contributed by atoms with Crippen LogP contribution in [0.1, 0.15) is 31.1 Å². The van der Waals surface area contributed by atoms with Crippen LogP contribution in [0.4, 0.5) is 0 Å². The van der Waals surface area contributed by atoms with Crippen LogP contribution >= 0.6 is 11.6 Å². The van der Waals surface area contributed by atoms with E-state index in [2.05, 4.69) is 14.7 Å². The SMILES string of the molecule is Clc1ccc2cnc(C3CCCCN3)n2c1. The molecule has 1 N–H and O–H groups in total. The minimum atomic E-state index is 0.370. The van der Waals surface area contributed by atoms with E-state index in [1.165, 1.54) is 12.8 Å². The Hall–Kier alpha value is -1.06. The van der Waals surface area contributed by atoms with Crippen LogP contribution in [0.3, 0.4) is 0 Å². The first-order valence-electron chi connectivity index (χ1n) is 5.70. The zero-order valence-electron chi connectivity index (χ0n) is 8.99. The van der Waals surface area contributed by atoms with Gasteiger partial charge in [0.25, 0.3) is 0 Å². The molecule has 2 aromatic rings. The molecule has 0 aliphatic carbocycles. The molecule has 3 heterocycles. The molecule has 0 bridgehead atoms. The van der Waals surface area contributed by atoms with Crippen LogP contribution in [0.15, 0.2) is 24.5 Å². The Balaban J connectivity index is 2.05. The Morgan fingerprint density at radius 2 is 2.31 bits per heavy atom. The number of hydrogen-bond donors (Lipinski definition) is 1. The Kier molecular flexibility index (Phi) is 2.58. The van der Waals surface area contributed by atoms with Gasteiger partial charge in [-0.1, -0.05) is 18.0 Å². The highest BCUT2D eigenvalue weighted by atomic mass is 35.5. The molecule has 0 saturated carbocycles. The first kappa shape index (κ1) is 10.1. The van der Waals surface area contributed by atoms with Gasteiger partial charge in [-0.3, -0.25) is 0 Å². The number of aromatic nitrogens is 2. The second-order valence-corrected chi connectivity index (χ2v) is 4.70. The number of piperidine rings is 1. The molecule has 0 radical (unpaired) electrons. The number of rotatable bonds is 1. The summed E-state index contributed by atoms with van der Waals surface area (Å²) < 4.78 is 2.09. The first-order chi connectivity index (χ1) is 7.84. The summed E-state index contributed by atoms with van der Waals surface area (Å²) in [5, 5.41) is 4.26. The second-order valence-electron chi connectivity index (χ2n) is 4.26. The lowest BCUT2D eigenvalue weighted by Gasteiger charge is -2.22. The van der Waals surface area contributed by atoms with E-state index in [0.29, 0.717) is 6.04 Å². The lowest BCUT2D eigenvalue weighted by molar-refractivity contribution is 0.396. The molecular weight excluding hydrogens is 222 g/mol. The molecule has 1 atom stereocenters. The summed E-state index contributed by atoms with van der Waals surface area (Å²) in [6, 6.07) is 4.27. The van der Waals surface area contributed by atoms with Crippen LogP contribution in [0.25, 0.3) is 5.52 Å². The third-order valence-corrected chi connectivity index (χ3v) is 3.37. The van der Waals surface area contributed by atoms with Crippen LogP contribution in [0.2, 0.25) is 5.02 Å². The van der Waals surface area contributed by atoms with Crippen molar-refractivity contribution in [1.29, 1.82) is 0 Å². The molecule has 84 valence electrons. The normalized spacial score (nSPS) is 21.4. The highest BCUT2D eigenvalue weighted by molar-refractivity contribution is 6.30. The van der Waals surface area contributed by atoms with E-state index >= 15 is 0 Å². The van der Waals surface area contributed by atoms with Crippen molar-refractivity contribution in [3.05, 3.63) is 35.4 Å². The van der Waals surface area contributed by atoms with Gasteiger partial charge in [0, 0.05) is 6.20 Å². The minimum absolute atomic E-state index is 0.370. The lowest BCUT2D eigenvalue weighted by Crippen LogP contribution is -2.28. The van der Waals surface area contributed by atoms with Crippen molar-refractivity contribution in [3.63, 3.8) is 0 Å². The summed E-state index contributed by atoms with van der Waals surface area (Å²) in [5.41, 5.74) is 1.10. The topological polar surface area (TPSA) is 29.3 Å². The van der Waals surface area contributed by atoms with Gasteiger partial charge in [0.15, 0.2) is 0 Å². The summed E-state index contributed by atoms with van der Waals surface area (Å²) in [6.45, 7) is 1.08. The Morgan fingerprint density at radius 1 is 1.38 bits per heavy atom. The maximum Gasteiger partial charge on any atom is 0.130 e. The summed E-state index contributed by atoms with van der Waals surface area (Å²) in [4.78, 5) is 4.50. The van der Waals surface area contributed by atoms with Gasteiger partial charge in [0.2, 0.25) is 0 Å². The zero-order valence-corrected chi connectivity index (χ0v) is 9.74. The van der Waals surface area contributed by atoms with E-state index in [9.17, 15) is 0 Å². The molecule has 1 saturated heterocycles. The predicted molar refractivity (Wildman–Crippen MR) is 64.8 cm³/mol. The third-order valence-electron chi connectivity index (χ3n) is 3.14. The third kappa shape index (κ3) is 1.70. The number of hydrogen-bond acceptors (Lipinski definition) is 2. The monoisotopic (exact) mass is 235 g/mol. The maximum atomic E-state index is 6.02. The largest absolute Gasteiger partial charge is 0.307 e. The van der Waals surface area contributed by atoms with Crippen LogP contribution in [0.5, 0.6) is 0 Å². The van der Waals surface area contributed by atoms with Gasteiger partial charge >= 0.3 is 0 Å². The van der Waals surface area contributed by atoms with Crippen LogP contribution < -0.4 is 5.32 Å². The fraction of sp³-hybridized carbons (Fsp3) is 0.417. The molecule has 0 spiro atoms. The Morgan fingerprint density at radius 3 is 3.12 bits per heavy atom. The van der Waals surface area contributed by atoms with Crippen molar-refractivity contribution in [2.45, 2.75) is 25.3 Å². The molecule has 2 aromatic heterocycles. The molecule has 1 aliphatic heterocycles. The van der Waals surface area contributed by atoms with Gasteiger partial charge < -0.3 is 9.72 Å². The maximum absolute atomic E-state index is 6.02. The number of nitrogens with zero attached hydrogens (tertiary/aromatic N) is 2. The summed E-state index contributed by atoms with van der Waals surface area (Å²) in [7, 11) is 0. The van der Waals surface area contributed by atoms with Crippen molar-refractivity contribution in [2.75, 3.05) is 6.54 Å². The van der Waals surface area contributed by atoms with E-state index in [0.717, 1.165) is 29.3 Å². The standard InChI is InChI=1S/C12H14ClN3/c13-9-4-5-10-7-15-12(16(10)8-9)11-3-1-2-6-14-11/h4-5,7-8,11,14H,1-3,6H2. The van der Waals surface area contributed by atoms with Crippen molar-refractivity contribution >= 4 is 17.1 Å². The number of nitrogens with one attached hydrogen (secondary N) is 1. The quantitative estimate of drug-likeness (QED) is 0.824. The summed E-state index contributed by atoms with van der Waals surface area (Å²) in [5.74, 6) is 1.08. The molecule has 1 fully saturated rings. The van der Waals surface area contributed by atoms with Crippen molar-refractivity contribution in [2.24, 2.45) is 0 Å². The van der Waals surface area contributed by atoms with Gasteiger partial charge in [0.05, 0.1) is 22.8 Å². The zero-order chi connectivity index (χ0) is 11.0. The van der Waals surface area contributed by atoms with Gasteiger partial charge in [-0.25, -0.2) is 4.98 Å². The van der Waals surface area contributed by atoms with Crippen molar-refractivity contribution in [3.8, 4) is 0 Å². The Bertz CT molecular complexity index is 500. The van der Waals surface area contributed by atoms with Gasteiger partial charge in [-0.2, -0.15) is 0 Å². The fourth-order valence-electron chi connectivity index (χ4n) is 2.31. The van der Waals surface area contributed by atoms with Crippen LogP contribution in [-0.2, 0) is 0 Å². The fourth-order valence-corrected chi connectivity index (χ4v) is 2.47. The average Bonchev–Trinajstić information content (AvgIpc) is 2.73. The number of imidazole rings is 1. The minimum Gasteiger partial charge on any atom is -0.307 e. The summed E-state index contributed by atoms with van der Waals surface area (Å²) >= 11 is 6.02. The van der Waals surface area contributed by atoms with Crippen molar-refractivity contribution in [1.82, 2.24) is 14.7 Å². The van der Waals surface area contributed by atoms with E-state index in [4.69, 9.17) is 11.6 Å². The van der Waals surface area contributed by atoms with Crippen molar-refractivity contribution < 1.29 is 0 Å². The van der Waals surface area contributed by atoms with E-state index in [1.54, 1.807) is 0 Å². The molecule has 0 aromatic carbocycles. The van der Waals surface area contributed by atoms with Crippen LogP contribution in [0, 0.1) is 0 Å². The first-order valence-corrected chi connectivity index (χ1v) is 6.08. The van der Waals surface area contributed by atoms with Gasteiger partial charge in [-0.15, -0.1) is 0 Å². The van der Waals surface area contributed by atoms with Crippen LogP contribution in [-0.4, -0.2) is 15.9 Å². The predicted octanol–water partition coefficient (Wildman–Crippen LogP) is 2.80.